The van der Waals surface area contributed by atoms with Crippen LogP contribution in [-0.2, 0) is 17.9 Å². The fourth-order valence-electron chi connectivity index (χ4n) is 1.63. The summed E-state index contributed by atoms with van der Waals surface area (Å²) in [5.41, 5.74) is 2.40. The van der Waals surface area contributed by atoms with Gasteiger partial charge in [0, 0.05) is 25.8 Å². The van der Waals surface area contributed by atoms with Gasteiger partial charge in [-0.05, 0) is 31.4 Å². The van der Waals surface area contributed by atoms with E-state index in [0.717, 1.165) is 13.0 Å². The van der Waals surface area contributed by atoms with E-state index in [9.17, 15) is 0 Å². The lowest BCUT2D eigenvalue weighted by atomic mass is 10.0. The zero-order chi connectivity index (χ0) is 12.7. The van der Waals surface area contributed by atoms with E-state index in [-0.39, 0.29) is 12.1 Å². The third-order valence-electron chi connectivity index (χ3n) is 2.84. The molecule has 0 amide bonds. The smallest absolute Gasteiger partial charge is 0.0713 e. The summed E-state index contributed by atoms with van der Waals surface area (Å²) < 4.78 is 5.07. The Morgan fingerprint density at radius 2 is 1.76 bits per heavy atom. The molecule has 0 aromatic heterocycles. The summed E-state index contributed by atoms with van der Waals surface area (Å²) in [4.78, 5) is 0. The quantitative estimate of drug-likeness (QED) is 0.763. The first-order chi connectivity index (χ1) is 8.07. The molecular formula is C14H23NO2. The molecule has 1 rings (SSSR count). The second kappa shape index (κ2) is 6.74. The summed E-state index contributed by atoms with van der Waals surface area (Å²) in [6.45, 7) is 5.89. The summed E-state index contributed by atoms with van der Waals surface area (Å²) in [7, 11) is 1.70. The monoisotopic (exact) mass is 237 g/mol. The molecule has 96 valence electrons. The lowest BCUT2D eigenvalue weighted by molar-refractivity contribution is 0.185. The molecule has 0 fully saturated rings. The molecule has 0 heterocycles. The maximum atomic E-state index is 8.94. The van der Waals surface area contributed by atoms with E-state index >= 15 is 0 Å². The van der Waals surface area contributed by atoms with Crippen molar-refractivity contribution >= 4 is 0 Å². The van der Waals surface area contributed by atoms with Crippen LogP contribution in [0.25, 0.3) is 0 Å². The summed E-state index contributed by atoms with van der Waals surface area (Å²) in [5.74, 6) is 0. The van der Waals surface area contributed by atoms with E-state index in [2.05, 4.69) is 43.4 Å². The van der Waals surface area contributed by atoms with Crippen LogP contribution in [0.1, 0.15) is 31.4 Å². The Kier molecular flexibility index (Phi) is 5.62. The van der Waals surface area contributed by atoms with Gasteiger partial charge in [0.1, 0.15) is 0 Å². The van der Waals surface area contributed by atoms with Crippen LogP contribution in [0.2, 0.25) is 0 Å². The van der Waals surface area contributed by atoms with Crippen LogP contribution in [0.3, 0.4) is 0 Å². The first-order valence-electron chi connectivity index (χ1n) is 6.00. The van der Waals surface area contributed by atoms with Gasteiger partial charge in [0.2, 0.25) is 0 Å². The summed E-state index contributed by atoms with van der Waals surface area (Å²) in [5, 5.41) is 12.4. The molecule has 0 radical (unpaired) electrons. The number of aliphatic hydroxyl groups is 1. The number of aliphatic hydroxyl groups excluding tert-OH is 1. The highest BCUT2D eigenvalue weighted by molar-refractivity contribution is 5.22. The number of methoxy groups -OCH3 is 1. The molecule has 2 N–H and O–H groups in total. The molecule has 0 bridgehead atoms. The van der Waals surface area contributed by atoms with E-state index in [1.807, 2.05) is 0 Å². The number of hydrogen-bond acceptors (Lipinski definition) is 3. The maximum Gasteiger partial charge on any atom is 0.0713 e. The summed E-state index contributed by atoms with van der Waals surface area (Å²) in [6, 6.07) is 8.38. The Hall–Kier alpha value is -0.900. The second-order valence-electron chi connectivity index (χ2n) is 4.96. The van der Waals surface area contributed by atoms with Gasteiger partial charge in [-0.15, -0.1) is 0 Å². The largest absolute Gasteiger partial charge is 0.396 e. The minimum Gasteiger partial charge on any atom is -0.396 e. The first-order valence-corrected chi connectivity index (χ1v) is 6.00. The number of hydrogen-bond donors (Lipinski definition) is 2. The van der Waals surface area contributed by atoms with Crippen molar-refractivity contribution in [2.24, 2.45) is 0 Å². The van der Waals surface area contributed by atoms with Crippen molar-refractivity contribution in [3.63, 3.8) is 0 Å². The Bertz CT molecular complexity index is 319. The van der Waals surface area contributed by atoms with Gasteiger partial charge in [-0.25, -0.2) is 0 Å². The molecule has 0 aliphatic heterocycles. The molecule has 1 aromatic carbocycles. The Balaban J connectivity index is 2.46. The van der Waals surface area contributed by atoms with E-state index < -0.39 is 0 Å². The van der Waals surface area contributed by atoms with E-state index in [1.165, 1.54) is 11.1 Å². The number of ether oxygens (including phenoxy) is 1. The van der Waals surface area contributed by atoms with E-state index in [0.29, 0.717) is 6.61 Å². The zero-order valence-electron chi connectivity index (χ0n) is 11.0. The third-order valence-corrected chi connectivity index (χ3v) is 2.84. The number of benzene rings is 1. The van der Waals surface area contributed by atoms with Crippen molar-refractivity contribution in [1.82, 2.24) is 5.32 Å². The summed E-state index contributed by atoms with van der Waals surface area (Å²) in [6.07, 6.45) is 0.759. The van der Waals surface area contributed by atoms with Gasteiger partial charge in [-0.1, -0.05) is 24.3 Å². The van der Waals surface area contributed by atoms with Crippen LogP contribution in [0.15, 0.2) is 24.3 Å². The lowest BCUT2D eigenvalue weighted by Crippen LogP contribution is -2.39. The molecule has 3 nitrogen and oxygen atoms in total. The van der Waals surface area contributed by atoms with E-state index in [1.54, 1.807) is 7.11 Å². The molecule has 0 saturated carbocycles. The molecule has 0 spiro atoms. The van der Waals surface area contributed by atoms with Crippen molar-refractivity contribution < 1.29 is 9.84 Å². The van der Waals surface area contributed by atoms with Crippen molar-refractivity contribution in [3.8, 4) is 0 Å². The Morgan fingerprint density at radius 1 is 1.18 bits per heavy atom. The Morgan fingerprint density at radius 3 is 2.29 bits per heavy atom. The molecule has 1 aromatic rings. The highest BCUT2D eigenvalue weighted by atomic mass is 16.5. The second-order valence-corrected chi connectivity index (χ2v) is 4.96. The molecule has 0 aliphatic carbocycles. The molecule has 0 saturated heterocycles. The number of rotatable bonds is 7. The van der Waals surface area contributed by atoms with Crippen LogP contribution in [0, 0.1) is 0 Å². The van der Waals surface area contributed by atoms with Crippen LogP contribution in [-0.4, -0.2) is 24.4 Å². The standard InChI is InChI=1S/C14H23NO2/c1-14(2,8-9-16)15-10-12-4-6-13(7-5-12)11-17-3/h4-7,15-16H,8-11H2,1-3H3. The van der Waals surface area contributed by atoms with Crippen molar-refractivity contribution in [2.45, 2.75) is 39.0 Å². The molecule has 0 unspecified atom stereocenters. The minimum atomic E-state index is -0.0278. The van der Waals surface area contributed by atoms with Gasteiger partial charge in [0.25, 0.3) is 0 Å². The first kappa shape index (κ1) is 14.2. The van der Waals surface area contributed by atoms with E-state index in [4.69, 9.17) is 9.84 Å². The Labute approximate surface area is 104 Å². The fourth-order valence-corrected chi connectivity index (χ4v) is 1.63. The van der Waals surface area contributed by atoms with Crippen LogP contribution in [0.5, 0.6) is 0 Å². The zero-order valence-corrected chi connectivity index (χ0v) is 11.0. The van der Waals surface area contributed by atoms with Gasteiger partial charge in [0.05, 0.1) is 6.61 Å². The maximum absolute atomic E-state index is 8.94. The van der Waals surface area contributed by atoms with Crippen molar-refractivity contribution in [2.75, 3.05) is 13.7 Å². The fraction of sp³-hybridized carbons (Fsp3) is 0.571. The normalized spacial score (nSPS) is 11.8. The molecule has 17 heavy (non-hydrogen) atoms. The summed E-state index contributed by atoms with van der Waals surface area (Å²) >= 11 is 0. The average molecular weight is 237 g/mol. The highest BCUT2D eigenvalue weighted by Gasteiger charge is 2.15. The van der Waals surface area contributed by atoms with Gasteiger partial charge in [0.15, 0.2) is 0 Å². The van der Waals surface area contributed by atoms with Crippen LogP contribution in [0.4, 0.5) is 0 Å². The number of nitrogens with one attached hydrogen (secondary N) is 1. The molecular weight excluding hydrogens is 214 g/mol. The molecule has 0 atom stereocenters. The predicted octanol–water partition coefficient (Wildman–Crippen LogP) is 2.08. The van der Waals surface area contributed by atoms with Crippen molar-refractivity contribution in [1.29, 1.82) is 0 Å². The van der Waals surface area contributed by atoms with Crippen LogP contribution < -0.4 is 5.32 Å². The van der Waals surface area contributed by atoms with Gasteiger partial charge < -0.3 is 15.2 Å². The highest BCUT2D eigenvalue weighted by Crippen LogP contribution is 2.10. The molecule has 3 heteroatoms. The predicted molar refractivity (Wildman–Crippen MR) is 69.8 cm³/mol. The van der Waals surface area contributed by atoms with Gasteiger partial charge in [-0.2, -0.15) is 0 Å². The van der Waals surface area contributed by atoms with Crippen LogP contribution >= 0.6 is 0 Å². The lowest BCUT2D eigenvalue weighted by Gasteiger charge is -2.25. The van der Waals surface area contributed by atoms with Crippen molar-refractivity contribution in [3.05, 3.63) is 35.4 Å². The van der Waals surface area contributed by atoms with Gasteiger partial charge in [-0.3, -0.25) is 0 Å². The average Bonchev–Trinajstić information content (AvgIpc) is 2.29. The molecule has 0 aliphatic rings. The van der Waals surface area contributed by atoms with Gasteiger partial charge >= 0.3 is 0 Å². The topological polar surface area (TPSA) is 41.5 Å². The third kappa shape index (κ3) is 5.31. The minimum absolute atomic E-state index is 0.0278. The SMILES string of the molecule is COCc1ccc(CNC(C)(C)CCO)cc1.